The Labute approximate surface area is 140 Å². The molecule has 0 saturated heterocycles. The van der Waals surface area contributed by atoms with E-state index in [0.717, 1.165) is 11.4 Å². The summed E-state index contributed by atoms with van der Waals surface area (Å²) in [6.45, 7) is 0.171. The fraction of sp³-hybridized carbons (Fsp3) is 0.294. The van der Waals surface area contributed by atoms with Gasteiger partial charge < -0.3 is 10.1 Å². The van der Waals surface area contributed by atoms with E-state index in [2.05, 4.69) is 16.1 Å². The van der Waals surface area contributed by atoms with E-state index >= 15 is 0 Å². The van der Waals surface area contributed by atoms with Crippen molar-refractivity contribution in [3.63, 3.8) is 0 Å². The number of aromatic nitrogens is 1. The molecule has 24 heavy (non-hydrogen) atoms. The number of benzene rings is 1. The zero-order valence-electron chi connectivity index (χ0n) is 13.5. The first-order valence-electron chi connectivity index (χ1n) is 7.64. The first-order valence-corrected chi connectivity index (χ1v) is 7.64. The van der Waals surface area contributed by atoms with Crippen LogP contribution in [-0.2, 0) is 11.4 Å². The third-order valence-electron chi connectivity index (χ3n) is 3.56. The van der Waals surface area contributed by atoms with Crippen LogP contribution in [0.3, 0.4) is 0 Å². The van der Waals surface area contributed by atoms with Crippen LogP contribution in [0.5, 0.6) is 5.88 Å². The summed E-state index contributed by atoms with van der Waals surface area (Å²) in [7, 11) is 1.77. The van der Waals surface area contributed by atoms with Crippen LogP contribution in [0.25, 0.3) is 0 Å². The molecule has 1 saturated carbocycles. The number of nitrogens with zero attached hydrogens (tertiary/aromatic N) is 1. The molecule has 7 heteroatoms. The highest BCUT2D eigenvalue weighted by Gasteiger charge is 2.25. The van der Waals surface area contributed by atoms with E-state index in [1.165, 1.54) is 18.9 Å². The number of hydrazine groups is 1. The van der Waals surface area contributed by atoms with Gasteiger partial charge in [-0.15, -0.1) is 0 Å². The van der Waals surface area contributed by atoms with Crippen LogP contribution in [0.4, 0.5) is 10.1 Å². The normalized spacial score (nSPS) is 12.6. The molecule has 0 aliphatic heterocycles. The lowest BCUT2D eigenvalue weighted by molar-refractivity contribution is -0.109. The number of amides is 1. The number of nitrogens with two attached hydrogens (primary N) is 1. The SMILES string of the molecule is CNc1cccc(F)c1COc1cccc(C2CC2)n1.NNC=O. The predicted octanol–water partition coefficient (Wildman–Crippen LogP) is 2.32. The number of hydrogen-bond donors (Lipinski definition) is 3. The second-order valence-electron chi connectivity index (χ2n) is 5.26. The minimum Gasteiger partial charge on any atom is -0.473 e. The molecule has 1 aromatic heterocycles. The molecule has 0 unspecified atom stereocenters. The number of carbonyl (C=O) groups excluding carboxylic acids is 1. The van der Waals surface area contributed by atoms with Crippen molar-refractivity contribution in [3.8, 4) is 5.88 Å². The third-order valence-corrected chi connectivity index (χ3v) is 3.56. The zero-order chi connectivity index (χ0) is 17.4. The van der Waals surface area contributed by atoms with Crippen molar-refractivity contribution in [2.24, 2.45) is 5.84 Å². The summed E-state index contributed by atoms with van der Waals surface area (Å²) >= 11 is 0. The number of nitrogens with one attached hydrogen (secondary N) is 2. The largest absolute Gasteiger partial charge is 0.473 e. The van der Waals surface area contributed by atoms with Gasteiger partial charge >= 0.3 is 0 Å². The van der Waals surface area contributed by atoms with Gasteiger partial charge in [-0.25, -0.2) is 15.2 Å². The first kappa shape index (κ1) is 17.7. The standard InChI is InChI=1S/C16H17FN2O.CH4N2O/c1-18-15-6-2-4-13(17)12(15)10-20-16-7-3-5-14(19-16)11-8-9-11;2-3-1-4/h2-7,11,18H,8-10H2,1H3;1H,2H2,(H,3,4). The van der Waals surface area contributed by atoms with Gasteiger partial charge in [0.1, 0.15) is 12.4 Å². The Morgan fingerprint density at radius 3 is 2.67 bits per heavy atom. The Bertz CT molecular complexity index is 677. The van der Waals surface area contributed by atoms with Crippen LogP contribution in [-0.4, -0.2) is 18.4 Å². The maximum absolute atomic E-state index is 13.8. The second-order valence-corrected chi connectivity index (χ2v) is 5.26. The highest BCUT2D eigenvalue weighted by atomic mass is 19.1. The van der Waals surface area contributed by atoms with Crippen molar-refractivity contribution in [3.05, 3.63) is 53.5 Å². The van der Waals surface area contributed by atoms with Crippen LogP contribution in [0, 0.1) is 5.82 Å². The fourth-order valence-corrected chi connectivity index (χ4v) is 2.20. The Morgan fingerprint density at radius 1 is 1.33 bits per heavy atom. The molecule has 1 fully saturated rings. The smallest absolute Gasteiger partial charge is 0.221 e. The molecule has 0 radical (unpaired) electrons. The summed E-state index contributed by atoms with van der Waals surface area (Å²) in [6.07, 6.45) is 2.81. The van der Waals surface area contributed by atoms with Gasteiger partial charge in [0.25, 0.3) is 0 Å². The van der Waals surface area contributed by atoms with Gasteiger partial charge in [-0.05, 0) is 31.0 Å². The van der Waals surface area contributed by atoms with E-state index in [1.807, 2.05) is 24.3 Å². The number of ether oxygens (including phenoxy) is 1. The summed E-state index contributed by atoms with van der Waals surface area (Å²) in [4.78, 5) is 13.4. The van der Waals surface area contributed by atoms with Gasteiger partial charge in [-0.1, -0.05) is 12.1 Å². The lowest BCUT2D eigenvalue weighted by Gasteiger charge is -2.11. The number of halogens is 1. The van der Waals surface area contributed by atoms with Crippen LogP contribution in [0.1, 0.15) is 30.0 Å². The van der Waals surface area contributed by atoms with Gasteiger partial charge in [0.15, 0.2) is 0 Å². The van der Waals surface area contributed by atoms with Gasteiger partial charge in [0.05, 0.1) is 0 Å². The molecule has 128 valence electrons. The molecule has 0 atom stereocenters. The average Bonchev–Trinajstić information content (AvgIpc) is 3.46. The summed E-state index contributed by atoms with van der Waals surface area (Å²) in [5.41, 5.74) is 4.09. The average molecular weight is 332 g/mol. The highest BCUT2D eigenvalue weighted by molar-refractivity contribution is 5.51. The topological polar surface area (TPSA) is 89.3 Å². The Kier molecular flexibility index (Phi) is 6.51. The summed E-state index contributed by atoms with van der Waals surface area (Å²) < 4.78 is 19.5. The minimum atomic E-state index is -0.268. The number of pyridine rings is 1. The van der Waals surface area contributed by atoms with Crippen molar-refractivity contribution in [1.29, 1.82) is 0 Å². The van der Waals surface area contributed by atoms with Gasteiger partial charge in [-0.2, -0.15) is 0 Å². The molecule has 1 amide bonds. The molecule has 0 bridgehead atoms. The van der Waals surface area contributed by atoms with Gasteiger partial charge in [0.2, 0.25) is 12.3 Å². The lowest BCUT2D eigenvalue weighted by Crippen LogP contribution is -2.18. The molecular weight excluding hydrogens is 311 g/mol. The number of carbonyl (C=O) groups is 1. The van der Waals surface area contributed by atoms with Crippen molar-refractivity contribution in [1.82, 2.24) is 10.4 Å². The van der Waals surface area contributed by atoms with Gasteiger partial charge in [0, 0.05) is 36.0 Å². The van der Waals surface area contributed by atoms with E-state index in [0.29, 0.717) is 23.8 Å². The van der Waals surface area contributed by atoms with Crippen molar-refractivity contribution < 1.29 is 13.9 Å². The van der Waals surface area contributed by atoms with E-state index in [4.69, 9.17) is 9.53 Å². The highest BCUT2D eigenvalue weighted by Crippen LogP contribution is 2.39. The van der Waals surface area contributed by atoms with Crippen molar-refractivity contribution in [2.75, 3.05) is 12.4 Å². The van der Waals surface area contributed by atoms with E-state index < -0.39 is 0 Å². The summed E-state index contributed by atoms with van der Waals surface area (Å²) in [5.74, 6) is 5.28. The van der Waals surface area contributed by atoms with Crippen molar-refractivity contribution >= 4 is 12.1 Å². The van der Waals surface area contributed by atoms with Crippen molar-refractivity contribution in [2.45, 2.75) is 25.4 Å². The Hall–Kier alpha value is -2.67. The molecule has 4 N–H and O–H groups in total. The van der Waals surface area contributed by atoms with Gasteiger partial charge in [-0.3, -0.25) is 10.2 Å². The van der Waals surface area contributed by atoms with E-state index in [1.54, 1.807) is 18.5 Å². The lowest BCUT2D eigenvalue weighted by atomic mass is 10.2. The van der Waals surface area contributed by atoms with Crippen LogP contribution < -0.4 is 21.3 Å². The van der Waals surface area contributed by atoms with Crippen LogP contribution in [0.15, 0.2) is 36.4 Å². The molecule has 3 rings (SSSR count). The molecule has 1 heterocycles. The number of rotatable bonds is 6. The molecule has 0 spiro atoms. The Morgan fingerprint density at radius 2 is 2.04 bits per heavy atom. The molecule has 1 aliphatic rings. The summed E-state index contributed by atoms with van der Waals surface area (Å²) in [6, 6.07) is 10.7. The molecule has 1 aromatic carbocycles. The minimum absolute atomic E-state index is 0.171. The molecule has 6 nitrogen and oxygen atoms in total. The number of anilines is 1. The fourth-order valence-electron chi connectivity index (χ4n) is 2.20. The van der Waals surface area contributed by atoms with Crippen LogP contribution >= 0.6 is 0 Å². The van der Waals surface area contributed by atoms with E-state index in [9.17, 15) is 4.39 Å². The third kappa shape index (κ3) is 4.92. The zero-order valence-corrected chi connectivity index (χ0v) is 13.5. The quantitative estimate of drug-likeness (QED) is 0.327. The summed E-state index contributed by atoms with van der Waals surface area (Å²) in [5, 5.41) is 2.97. The molecule has 2 aromatic rings. The first-order chi connectivity index (χ1) is 11.7. The molecule has 1 aliphatic carbocycles. The number of hydrogen-bond acceptors (Lipinski definition) is 5. The van der Waals surface area contributed by atoms with Crippen LogP contribution in [0.2, 0.25) is 0 Å². The maximum Gasteiger partial charge on any atom is 0.221 e. The maximum atomic E-state index is 13.8. The Balaban J connectivity index is 0.000000471. The monoisotopic (exact) mass is 332 g/mol. The second kappa shape index (κ2) is 8.83. The van der Waals surface area contributed by atoms with E-state index in [-0.39, 0.29) is 12.4 Å². The molecular formula is C17H21FN4O2. The predicted molar refractivity (Wildman–Crippen MR) is 89.9 cm³/mol.